The number of aromatic carboxylic acids is 1. The Balaban J connectivity index is 1.55. The van der Waals surface area contributed by atoms with Gasteiger partial charge in [0, 0.05) is 37.4 Å². The molecule has 1 aliphatic heterocycles. The van der Waals surface area contributed by atoms with E-state index >= 15 is 4.39 Å². The Bertz CT molecular complexity index is 1200. The van der Waals surface area contributed by atoms with Crippen molar-refractivity contribution in [1.82, 2.24) is 9.88 Å². The molecular weight excluding hydrogens is 441 g/mol. The fraction of sp³-hybridized carbons (Fsp3) is 0.560. The van der Waals surface area contributed by atoms with E-state index in [1.54, 1.807) is 13.0 Å². The molecule has 34 heavy (non-hydrogen) atoms. The lowest BCUT2D eigenvalue weighted by Gasteiger charge is -2.23. The van der Waals surface area contributed by atoms with E-state index in [9.17, 15) is 19.5 Å². The number of amides is 1. The third kappa shape index (κ3) is 4.88. The van der Waals surface area contributed by atoms with Crippen molar-refractivity contribution in [2.75, 3.05) is 24.5 Å². The van der Waals surface area contributed by atoms with Crippen molar-refractivity contribution in [2.45, 2.75) is 65.0 Å². The number of benzene rings is 1. The number of nitrogens with one attached hydrogen (secondary N) is 1. The molecule has 1 saturated heterocycles. The number of ether oxygens (including phenoxy) is 1. The third-order valence-electron chi connectivity index (χ3n) is 6.49. The normalized spacial score (nSPS) is 18.4. The monoisotopic (exact) mass is 473 g/mol. The molecular formula is C25H32FN3O5. The number of aryl methyl sites for hydroxylation is 1. The topological polar surface area (TPSA) is 101 Å². The molecule has 1 atom stereocenters. The van der Waals surface area contributed by atoms with Crippen LogP contribution in [0.25, 0.3) is 10.9 Å². The molecule has 2 aromatic rings. The van der Waals surface area contributed by atoms with E-state index in [0.717, 1.165) is 25.7 Å². The summed E-state index contributed by atoms with van der Waals surface area (Å²) in [5, 5.41) is 12.4. The maximum absolute atomic E-state index is 15.5. The van der Waals surface area contributed by atoms with Crippen LogP contribution in [0.1, 0.15) is 68.4 Å². The van der Waals surface area contributed by atoms with Gasteiger partial charge in [-0.3, -0.25) is 4.79 Å². The van der Waals surface area contributed by atoms with Gasteiger partial charge in [0.1, 0.15) is 17.0 Å². The fourth-order valence-electron chi connectivity index (χ4n) is 4.67. The van der Waals surface area contributed by atoms with Crippen LogP contribution in [0.2, 0.25) is 0 Å². The fourth-order valence-corrected chi connectivity index (χ4v) is 4.67. The van der Waals surface area contributed by atoms with Gasteiger partial charge in [-0.2, -0.15) is 0 Å². The molecule has 2 fully saturated rings. The van der Waals surface area contributed by atoms with Crippen LogP contribution in [0.4, 0.5) is 14.9 Å². The Morgan fingerprint density at radius 3 is 2.59 bits per heavy atom. The highest BCUT2D eigenvalue weighted by Crippen LogP contribution is 2.39. The summed E-state index contributed by atoms with van der Waals surface area (Å²) in [6.07, 6.45) is 4.37. The first-order valence-corrected chi connectivity index (χ1v) is 11.8. The van der Waals surface area contributed by atoms with Crippen LogP contribution in [-0.2, 0) is 4.74 Å². The van der Waals surface area contributed by atoms with Gasteiger partial charge in [0.15, 0.2) is 0 Å². The molecule has 1 aromatic heterocycles. The molecule has 2 N–H and O–H groups in total. The maximum atomic E-state index is 15.5. The minimum atomic E-state index is -1.30. The molecule has 0 spiro atoms. The molecule has 8 nitrogen and oxygen atoms in total. The lowest BCUT2D eigenvalue weighted by Crippen LogP contribution is -2.33. The van der Waals surface area contributed by atoms with Gasteiger partial charge >= 0.3 is 12.1 Å². The molecule has 0 bridgehead atoms. The van der Waals surface area contributed by atoms with Crippen LogP contribution in [0, 0.1) is 18.7 Å². The first-order valence-electron chi connectivity index (χ1n) is 11.8. The zero-order valence-electron chi connectivity index (χ0n) is 20.1. The summed E-state index contributed by atoms with van der Waals surface area (Å²) in [6, 6.07) is 1.83. The van der Waals surface area contributed by atoms with Crippen LogP contribution in [0.15, 0.2) is 17.1 Å². The second-order valence-corrected chi connectivity index (χ2v) is 10.4. The number of alkyl carbamates (subject to hydrolysis) is 1. The number of nitrogens with zero attached hydrogens (tertiary/aromatic N) is 2. The number of pyridine rings is 1. The van der Waals surface area contributed by atoms with E-state index in [4.69, 9.17) is 4.74 Å². The van der Waals surface area contributed by atoms with Crippen LogP contribution in [0.5, 0.6) is 0 Å². The number of carbonyl (C=O) groups excluding carboxylic acids is 1. The number of halogens is 1. The highest BCUT2D eigenvalue weighted by atomic mass is 19.1. The average Bonchev–Trinajstić information content (AvgIpc) is 3.47. The van der Waals surface area contributed by atoms with Gasteiger partial charge < -0.3 is 24.6 Å². The minimum Gasteiger partial charge on any atom is -0.477 e. The minimum absolute atomic E-state index is 0.129. The van der Waals surface area contributed by atoms with Crippen molar-refractivity contribution in [1.29, 1.82) is 0 Å². The van der Waals surface area contributed by atoms with Crippen LogP contribution >= 0.6 is 0 Å². The summed E-state index contributed by atoms with van der Waals surface area (Å²) in [4.78, 5) is 38.3. The lowest BCUT2D eigenvalue weighted by atomic mass is 10.0. The Hall–Kier alpha value is -3.10. The number of anilines is 1. The molecule has 2 heterocycles. The van der Waals surface area contributed by atoms with Gasteiger partial charge in [0.2, 0.25) is 5.43 Å². The summed E-state index contributed by atoms with van der Waals surface area (Å²) in [5.41, 5.74) is -0.314. The predicted octanol–water partition coefficient (Wildman–Crippen LogP) is 4.22. The van der Waals surface area contributed by atoms with E-state index in [2.05, 4.69) is 5.32 Å². The van der Waals surface area contributed by atoms with Crippen molar-refractivity contribution in [3.05, 3.63) is 39.4 Å². The molecule has 0 radical (unpaired) electrons. The average molecular weight is 474 g/mol. The molecule has 1 aromatic carbocycles. The molecule has 4 rings (SSSR count). The SMILES string of the molecule is Cc1c(F)c(N2CCC(CCNC(=O)OC(C)(C)C)C2)cc2c1c(=O)c(C(=O)O)cn2C1CC1. The molecule has 184 valence electrons. The van der Waals surface area contributed by atoms with Gasteiger partial charge in [0.25, 0.3) is 0 Å². The first-order chi connectivity index (χ1) is 16.0. The summed E-state index contributed by atoms with van der Waals surface area (Å²) in [7, 11) is 0. The van der Waals surface area contributed by atoms with Crippen LogP contribution < -0.4 is 15.6 Å². The predicted molar refractivity (Wildman–Crippen MR) is 127 cm³/mol. The number of carbonyl (C=O) groups is 2. The smallest absolute Gasteiger partial charge is 0.407 e. The Labute approximate surface area is 197 Å². The number of rotatable bonds is 6. The molecule has 2 aliphatic rings. The van der Waals surface area contributed by atoms with E-state index < -0.39 is 28.9 Å². The zero-order valence-corrected chi connectivity index (χ0v) is 20.1. The number of hydrogen-bond acceptors (Lipinski definition) is 5. The summed E-state index contributed by atoms with van der Waals surface area (Å²) < 4.78 is 22.6. The number of carboxylic acid groups (broad SMARTS) is 1. The summed E-state index contributed by atoms with van der Waals surface area (Å²) in [6.45, 7) is 8.76. The Kier molecular flexibility index (Phi) is 6.31. The summed E-state index contributed by atoms with van der Waals surface area (Å²) in [5.74, 6) is -1.50. The van der Waals surface area contributed by atoms with Crippen molar-refractivity contribution in [2.24, 2.45) is 5.92 Å². The van der Waals surface area contributed by atoms with E-state index in [1.807, 2.05) is 30.2 Å². The first kappa shape index (κ1) is 24.0. The standard InChI is InChI=1S/C25H32FN3O5/c1-14-20-18(29(16-5-6-16)13-17(22(20)30)23(31)32)11-19(21(14)26)28-10-8-15(12-28)7-9-27-24(33)34-25(2,3)4/h11,13,15-16H,5-10,12H2,1-4H3,(H,27,33)(H,31,32). The Morgan fingerprint density at radius 1 is 1.26 bits per heavy atom. The number of carboxylic acids is 1. The largest absolute Gasteiger partial charge is 0.477 e. The second-order valence-electron chi connectivity index (χ2n) is 10.4. The number of fused-ring (bicyclic) bond motifs is 1. The van der Waals surface area contributed by atoms with Crippen molar-refractivity contribution in [3.8, 4) is 0 Å². The van der Waals surface area contributed by atoms with Crippen LogP contribution in [-0.4, -0.2) is 47.0 Å². The zero-order chi connectivity index (χ0) is 24.8. The summed E-state index contributed by atoms with van der Waals surface area (Å²) >= 11 is 0. The highest BCUT2D eigenvalue weighted by Gasteiger charge is 2.31. The Morgan fingerprint density at radius 2 is 1.97 bits per heavy atom. The number of hydrogen-bond donors (Lipinski definition) is 2. The molecule has 1 aliphatic carbocycles. The lowest BCUT2D eigenvalue weighted by molar-refractivity contribution is 0.0524. The van der Waals surface area contributed by atoms with Gasteiger partial charge in [-0.15, -0.1) is 0 Å². The molecule has 1 unspecified atom stereocenters. The molecule has 1 saturated carbocycles. The van der Waals surface area contributed by atoms with E-state index in [-0.39, 0.29) is 28.5 Å². The van der Waals surface area contributed by atoms with Crippen molar-refractivity contribution in [3.63, 3.8) is 0 Å². The quantitative estimate of drug-likeness (QED) is 0.651. The van der Waals surface area contributed by atoms with Gasteiger partial charge in [0.05, 0.1) is 16.6 Å². The number of aromatic nitrogens is 1. The van der Waals surface area contributed by atoms with Gasteiger partial charge in [-0.25, -0.2) is 14.0 Å². The van der Waals surface area contributed by atoms with Crippen molar-refractivity contribution >= 4 is 28.7 Å². The highest BCUT2D eigenvalue weighted by molar-refractivity contribution is 5.95. The van der Waals surface area contributed by atoms with Crippen LogP contribution in [0.3, 0.4) is 0 Å². The van der Waals surface area contributed by atoms with Crippen molar-refractivity contribution < 1.29 is 23.8 Å². The molecule has 1 amide bonds. The van der Waals surface area contributed by atoms with Gasteiger partial charge in [-0.05, 0) is 65.4 Å². The van der Waals surface area contributed by atoms with E-state index in [0.29, 0.717) is 30.8 Å². The van der Waals surface area contributed by atoms with Gasteiger partial charge in [-0.1, -0.05) is 0 Å². The maximum Gasteiger partial charge on any atom is 0.407 e. The second kappa shape index (κ2) is 8.92. The molecule has 9 heteroatoms. The third-order valence-corrected chi connectivity index (χ3v) is 6.49. The van der Waals surface area contributed by atoms with E-state index in [1.165, 1.54) is 6.20 Å².